The fourth-order valence-corrected chi connectivity index (χ4v) is 3.29. The van der Waals surface area contributed by atoms with Gasteiger partial charge in [0.15, 0.2) is 0 Å². The van der Waals surface area contributed by atoms with Crippen molar-refractivity contribution in [3.05, 3.63) is 48.0 Å². The molecule has 92 valence electrons. The quantitative estimate of drug-likeness (QED) is 0.744. The van der Waals surface area contributed by atoms with Crippen molar-refractivity contribution in [1.82, 2.24) is 0 Å². The smallest absolute Gasteiger partial charge is 0.104 e. The Kier molecular flexibility index (Phi) is 3.95. The van der Waals surface area contributed by atoms with E-state index in [1.807, 2.05) is 11.8 Å². The SMILES string of the molecule is C=C(C)C1(C)CSC(CCc2ccccc2)O1. The Bertz CT molecular complexity index is 387. The zero-order valence-electron chi connectivity index (χ0n) is 10.6. The van der Waals surface area contributed by atoms with Gasteiger partial charge in [0.2, 0.25) is 0 Å². The summed E-state index contributed by atoms with van der Waals surface area (Å²) in [5.41, 5.74) is 2.72. The second-order valence-electron chi connectivity index (χ2n) is 4.89. The lowest BCUT2D eigenvalue weighted by atomic mass is 10.0. The van der Waals surface area contributed by atoms with Crippen LogP contribution in [0.15, 0.2) is 42.5 Å². The van der Waals surface area contributed by atoms with Crippen LogP contribution in [0.2, 0.25) is 0 Å². The molecule has 1 nitrogen and oxygen atoms in total. The van der Waals surface area contributed by atoms with Crippen LogP contribution in [0.4, 0.5) is 0 Å². The maximum absolute atomic E-state index is 6.10. The number of rotatable bonds is 4. The molecule has 17 heavy (non-hydrogen) atoms. The lowest BCUT2D eigenvalue weighted by Gasteiger charge is -2.24. The van der Waals surface area contributed by atoms with Crippen LogP contribution in [0.1, 0.15) is 25.8 Å². The molecule has 1 aromatic rings. The van der Waals surface area contributed by atoms with Crippen molar-refractivity contribution >= 4 is 11.8 Å². The van der Waals surface area contributed by atoms with Crippen LogP contribution >= 0.6 is 11.8 Å². The highest BCUT2D eigenvalue weighted by Crippen LogP contribution is 2.39. The van der Waals surface area contributed by atoms with Gasteiger partial charge in [-0.2, -0.15) is 0 Å². The van der Waals surface area contributed by atoms with Crippen molar-refractivity contribution in [2.75, 3.05) is 5.75 Å². The standard InChI is InChI=1S/C15H20OS/c1-12(2)15(3)11-17-14(16-15)10-9-13-7-5-4-6-8-13/h4-8,14H,1,9-11H2,2-3H3. The van der Waals surface area contributed by atoms with E-state index < -0.39 is 0 Å². The molecule has 0 bridgehead atoms. The Morgan fingerprint density at radius 1 is 1.47 bits per heavy atom. The summed E-state index contributed by atoms with van der Waals surface area (Å²) in [7, 11) is 0. The van der Waals surface area contributed by atoms with Gasteiger partial charge < -0.3 is 4.74 Å². The summed E-state index contributed by atoms with van der Waals surface area (Å²) in [5.74, 6) is 1.03. The summed E-state index contributed by atoms with van der Waals surface area (Å²) in [4.78, 5) is 0. The molecule has 2 atom stereocenters. The highest BCUT2D eigenvalue weighted by atomic mass is 32.2. The summed E-state index contributed by atoms with van der Waals surface area (Å²) < 4.78 is 6.10. The molecule has 0 saturated carbocycles. The molecule has 1 heterocycles. The normalized spacial score (nSPS) is 28.2. The molecule has 0 aromatic heterocycles. The Hall–Kier alpha value is -0.730. The predicted octanol–water partition coefficient (Wildman–Crippen LogP) is 4.04. The van der Waals surface area contributed by atoms with Crippen LogP contribution in [-0.4, -0.2) is 16.8 Å². The van der Waals surface area contributed by atoms with E-state index in [4.69, 9.17) is 4.74 Å². The maximum atomic E-state index is 6.10. The van der Waals surface area contributed by atoms with Crippen molar-refractivity contribution in [3.63, 3.8) is 0 Å². The van der Waals surface area contributed by atoms with Gasteiger partial charge in [0.1, 0.15) is 5.44 Å². The van der Waals surface area contributed by atoms with Crippen molar-refractivity contribution in [3.8, 4) is 0 Å². The number of benzene rings is 1. The first kappa shape index (κ1) is 12.7. The Labute approximate surface area is 108 Å². The fraction of sp³-hybridized carbons (Fsp3) is 0.467. The minimum atomic E-state index is -0.119. The van der Waals surface area contributed by atoms with E-state index in [-0.39, 0.29) is 5.60 Å². The third-order valence-electron chi connectivity index (χ3n) is 3.35. The lowest BCUT2D eigenvalue weighted by Crippen LogP contribution is -2.28. The summed E-state index contributed by atoms with van der Waals surface area (Å²) in [6.45, 7) is 8.22. The summed E-state index contributed by atoms with van der Waals surface area (Å²) in [6.07, 6.45) is 2.17. The highest BCUT2D eigenvalue weighted by Gasteiger charge is 2.36. The van der Waals surface area contributed by atoms with Crippen LogP contribution in [0.3, 0.4) is 0 Å². The molecule has 0 radical (unpaired) electrons. The molecule has 0 aliphatic carbocycles. The van der Waals surface area contributed by atoms with E-state index in [1.54, 1.807) is 0 Å². The molecular formula is C15H20OS. The van der Waals surface area contributed by atoms with E-state index >= 15 is 0 Å². The van der Waals surface area contributed by atoms with Gasteiger partial charge in [0.05, 0.1) is 5.60 Å². The Morgan fingerprint density at radius 3 is 2.76 bits per heavy atom. The molecule has 0 amide bonds. The second kappa shape index (κ2) is 5.28. The second-order valence-corrected chi connectivity index (χ2v) is 6.04. The first-order valence-corrected chi connectivity index (χ1v) is 7.14. The van der Waals surface area contributed by atoms with Gasteiger partial charge in [0, 0.05) is 5.75 Å². The molecule has 0 N–H and O–H groups in total. The Balaban J connectivity index is 1.85. The minimum absolute atomic E-state index is 0.119. The molecule has 2 rings (SSSR count). The summed E-state index contributed by atoms with van der Waals surface area (Å²) in [5, 5.41) is 0. The number of thioether (sulfide) groups is 1. The predicted molar refractivity (Wildman–Crippen MR) is 75.3 cm³/mol. The third-order valence-corrected chi connectivity index (χ3v) is 4.77. The Morgan fingerprint density at radius 2 is 2.18 bits per heavy atom. The third kappa shape index (κ3) is 3.14. The lowest BCUT2D eigenvalue weighted by molar-refractivity contribution is 0.0113. The van der Waals surface area contributed by atoms with Crippen LogP contribution in [0.25, 0.3) is 0 Å². The van der Waals surface area contributed by atoms with Gasteiger partial charge in [-0.15, -0.1) is 11.8 Å². The van der Waals surface area contributed by atoms with E-state index in [1.165, 1.54) is 5.56 Å². The van der Waals surface area contributed by atoms with Gasteiger partial charge in [-0.1, -0.05) is 36.9 Å². The number of hydrogen-bond acceptors (Lipinski definition) is 2. The molecule has 1 aromatic carbocycles. The highest BCUT2D eigenvalue weighted by molar-refractivity contribution is 8.00. The van der Waals surface area contributed by atoms with E-state index in [9.17, 15) is 0 Å². The molecule has 0 spiro atoms. The van der Waals surface area contributed by atoms with Gasteiger partial charge >= 0.3 is 0 Å². The zero-order chi connectivity index (χ0) is 12.3. The molecule has 1 fully saturated rings. The van der Waals surface area contributed by atoms with E-state index in [0.717, 1.165) is 24.2 Å². The average Bonchev–Trinajstić information content (AvgIpc) is 2.72. The van der Waals surface area contributed by atoms with E-state index in [2.05, 4.69) is 50.8 Å². The van der Waals surface area contributed by atoms with Crippen LogP contribution < -0.4 is 0 Å². The summed E-state index contributed by atoms with van der Waals surface area (Å²) in [6, 6.07) is 10.6. The van der Waals surface area contributed by atoms with Crippen LogP contribution in [-0.2, 0) is 11.2 Å². The van der Waals surface area contributed by atoms with Crippen molar-refractivity contribution in [1.29, 1.82) is 0 Å². The van der Waals surface area contributed by atoms with Crippen molar-refractivity contribution < 1.29 is 4.74 Å². The zero-order valence-corrected chi connectivity index (χ0v) is 11.4. The van der Waals surface area contributed by atoms with Crippen LogP contribution in [0, 0.1) is 0 Å². The van der Waals surface area contributed by atoms with Gasteiger partial charge in [0.25, 0.3) is 0 Å². The van der Waals surface area contributed by atoms with E-state index in [0.29, 0.717) is 5.44 Å². The molecular weight excluding hydrogens is 228 g/mol. The first-order chi connectivity index (χ1) is 8.10. The molecule has 1 aliphatic heterocycles. The molecule has 1 saturated heterocycles. The topological polar surface area (TPSA) is 9.23 Å². The maximum Gasteiger partial charge on any atom is 0.104 e. The minimum Gasteiger partial charge on any atom is -0.356 e. The number of aryl methyl sites for hydroxylation is 1. The van der Waals surface area contributed by atoms with Gasteiger partial charge in [-0.25, -0.2) is 0 Å². The molecule has 2 unspecified atom stereocenters. The molecule has 2 heteroatoms. The number of ether oxygens (including phenoxy) is 1. The monoisotopic (exact) mass is 248 g/mol. The van der Waals surface area contributed by atoms with Gasteiger partial charge in [-0.05, 0) is 37.8 Å². The summed E-state index contributed by atoms with van der Waals surface area (Å²) >= 11 is 1.91. The first-order valence-electron chi connectivity index (χ1n) is 6.09. The fourth-order valence-electron chi connectivity index (χ4n) is 1.91. The largest absolute Gasteiger partial charge is 0.356 e. The van der Waals surface area contributed by atoms with Gasteiger partial charge in [-0.3, -0.25) is 0 Å². The van der Waals surface area contributed by atoms with Crippen molar-refractivity contribution in [2.45, 2.75) is 37.7 Å². The average molecular weight is 248 g/mol. The molecule has 1 aliphatic rings. The van der Waals surface area contributed by atoms with Crippen molar-refractivity contribution in [2.24, 2.45) is 0 Å². The number of hydrogen-bond donors (Lipinski definition) is 0. The van der Waals surface area contributed by atoms with Crippen LogP contribution in [0.5, 0.6) is 0 Å².